The van der Waals surface area contributed by atoms with Crippen molar-refractivity contribution in [3.63, 3.8) is 0 Å². The predicted octanol–water partition coefficient (Wildman–Crippen LogP) is 4.19. The van der Waals surface area contributed by atoms with E-state index in [1.54, 1.807) is 17.4 Å². The molecular formula is C15H12O2S. The molecular weight excluding hydrogens is 244 g/mol. The quantitative estimate of drug-likeness (QED) is 0.761. The molecule has 0 atom stereocenters. The third kappa shape index (κ3) is 2.17. The van der Waals surface area contributed by atoms with Gasteiger partial charge in [-0.2, -0.15) is 11.3 Å². The fourth-order valence-corrected chi connectivity index (χ4v) is 2.51. The van der Waals surface area contributed by atoms with Gasteiger partial charge in [0.2, 0.25) is 0 Å². The van der Waals surface area contributed by atoms with Crippen LogP contribution in [0.2, 0.25) is 0 Å². The van der Waals surface area contributed by atoms with Crippen molar-refractivity contribution in [3.05, 3.63) is 58.8 Å². The molecule has 0 aliphatic heterocycles. The Morgan fingerprint density at radius 3 is 2.56 bits per heavy atom. The van der Waals surface area contributed by atoms with Gasteiger partial charge in [0.15, 0.2) is 11.5 Å². The summed E-state index contributed by atoms with van der Waals surface area (Å²) < 4.78 is 5.65. The lowest BCUT2D eigenvalue weighted by molar-refractivity contribution is 0.290. The van der Waals surface area contributed by atoms with E-state index in [1.807, 2.05) is 47.2 Å². The van der Waals surface area contributed by atoms with Gasteiger partial charge in [0.05, 0.1) is 0 Å². The van der Waals surface area contributed by atoms with Gasteiger partial charge in [-0.25, -0.2) is 0 Å². The second-order valence-electron chi connectivity index (χ2n) is 4.09. The number of thiophene rings is 1. The van der Waals surface area contributed by atoms with Crippen molar-refractivity contribution < 1.29 is 9.84 Å². The van der Waals surface area contributed by atoms with E-state index < -0.39 is 0 Å². The molecule has 1 heterocycles. The summed E-state index contributed by atoms with van der Waals surface area (Å²) in [5.74, 6) is 0.712. The Balaban J connectivity index is 1.89. The van der Waals surface area contributed by atoms with E-state index in [2.05, 4.69) is 0 Å². The van der Waals surface area contributed by atoms with Crippen LogP contribution in [0.25, 0.3) is 10.8 Å². The van der Waals surface area contributed by atoms with Crippen molar-refractivity contribution >= 4 is 22.1 Å². The summed E-state index contributed by atoms with van der Waals surface area (Å²) in [6.07, 6.45) is 0. The van der Waals surface area contributed by atoms with Gasteiger partial charge in [-0.3, -0.25) is 0 Å². The highest BCUT2D eigenvalue weighted by Crippen LogP contribution is 2.31. The number of hydrogen-bond acceptors (Lipinski definition) is 3. The first-order valence-corrected chi connectivity index (χ1v) is 6.63. The number of hydrogen-bond donors (Lipinski definition) is 1. The van der Waals surface area contributed by atoms with Crippen molar-refractivity contribution in [2.24, 2.45) is 0 Å². The van der Waals surface area contributed by atoms with Crippen molar-refractivity contribution in [1.82, 2.24) is 0 Å². The van der Waals surface area contributed by atoms with Crippen LogP contribution in [0.4, 0.5) is 0 Å². The second-order valence-corrected chi connectivity index (χ2v) is 4.87. The molecule has 0 unspecified atom stereocenters. The minimum atomic E-state index is 0.184. The number of phenolic OH excluding ortho intramolecular Hbond substituents is 1. The average Bonchev–Trinajstić information content (AvgIpc) is 2.89. The summed E-state index contributed by atoms with van der Waals surface area (Å²) in [6, 6.07) is 13.5. The lowest BCUT2D eigenvalue weighted by atomic mass is 10.1. The van der Waals surface area contributed by atoms with Gasteiger partial charge < -0.3 is 9.84 Å². The van der Waals surface area contributed by atoms with Gasteiger partial charge in [-0.1, -0.05) is 24.3 Å². The van der Waals surface area contributed by atoms with E-state index in [0.29, 0.717) is 12.4 Å². The van der Waals surface area contributed by atoms with Crippen LogP contribution in [-0.4, -0.2) is 5.11 Å². The number of fused-ring (bicyclic) bond motifs is 1. The first-order valence-electron chi connectivity index (χ1n) is 5.68. The molecule has 0 radical (unpaired) electrons. The van der Waals surface area contributed by atoms with Crippen molar-refractivity contribution in [2.45, 2.75) is 6.61 Å². The number of benzene rings is 2. The molecule has 0 bridgehead atoms. The summed E-state index contributed by atoms with van der Waals surface area (Å²) in [5.41, 5.74) is 1.12. The van der Waals surface area contributed by atoms with Crippen molar-refractivity contribution in [2.75, 3.05) is 0 Å². The van der Waals surface area contributed by atoms with Gasteiger partial charge in [0.1, 0.15) is 6.61 Å². The molecule has 2 nitrogen and oxygen atoms in total. The van der Waals surface area contributed by atoms with E-state index in [9.17, 15) is 5.11 Å². The molecule has 0 saturated carbocycles. The minimum absolute atomic E-state index is 0.184. The fraction of sp³-hybridized carbons (Fsp3) is 0.0667. The molecule has 0 fully saturated rings. The molecule has 0 spiro atoms. The average molecular weight is 256 g/mol. The topological polar surface area (TPSA) is 29.5 Å². The molecule has 0 saturated heterocycles. The molecule has 18 heavy (non-hydrogen) atoms. The molecule has 90 valence electrons. The Kier molecular flexibility index (Phi) is 2.90. The molecule has 0 aliphatic carbocycles. The van der Waals surface area contributed by atoms with E-state index in [0.717, 1.165) is 16.3 Å². The van der Waals surface area contributed by atoms with Crippen LogP contribution in [-0.2, 0) is 6.61 Å². The Morgan fingerprint density at radius 2 is 1.83 bits per heavy atom. The van der Waals surface area contributed by atoms with Crippen LogP contribution >= 0.6 is 11.3 Å². The standard InChI is InChI=1S/C15H12O2S/c16-14-7-12-3-1-2-4-13(12)8-15(14)17-9-11-5-6-18-10-11/h1-8,10,16H,9H2. The van der Waals surface area contributed by atoms with Gasteiger partial charge in [0, 0.05) is 0 Å². The zero-order valence-corrected chi connectivity index (χ0v) is 10.5. The van der Waals surface area contributed by atoms with Crippen molar-refractivity contribution in [1.29, 1.82) is 0 Å². The SMILES string of the molecule is Oc1cc2ccccc2cc1OCc1ccsc1. The van der Waals surface area contributed by atoms with Crippen LogP contribution in [0, 0.1) is 0 Å². The molecule has 2 aromatic carbocycles. The fourth-order valence-electron chi connectivity index (χ4n) is 1.86. The van der Waals surface area contributed by atoms with Gasteiger partial charge in [-0.15, -0.1) is 0 Å². The molecule has 3 rings (SSSR count). The van der Waals surface area contributed by atoms with Crippen molar-refractivity contribution in [3.8, 4) is 11.5 Å². The highest BCUT2D eigenvalue weighted by atomic mass is 32.1. The number of rotatable bonds is 3. The molecule has 1 aromatic heterocycles. The van der Waals surface area contributed by atoms with E-state index in [4.69, 9.17) is 4.74 Å². The van der Waals surface area contributed by atoms with Gasteiger partial charge in [-0.05, 0) is 45.3 Å². The molecule has 3 aromatic rings. The zero-order chi connectivity index (χ0) is 12.4. The first kappa shape index (κ1) is 11.1. The Labute approximate surface area is 109 Å². The zero-order valence-electron chi connectivity index (χ0n) is 9.67. The smallest absolute Gasteiger partial charge is 0.162 e. The van der Waals surface area contributed by atoms with Gasteiger partial charge in [0.25, 0.3) is 0 Å². The predicted molar refractivity (Wildman–Crippen MR) is 74.3 cm³/mol. The number of aromatic hydroxyl groups is 1. The van der Waals surface area contributed by atoms with E-state index in [1.165, 1.54) is 0 Å². The first-order chi connectivity index (χ1) is 8.83. The number of phenols is 1. The molecule has 1 N–H and O–H groups in total. The number of ether oxygens (including phenoxy) is 1. The molecule has 0 aliphatic rings. The largest absolute Gasteiger partial charge is 0.504 e. The summed E-state index contributed by atoms with van der Waals surface area (Å²) in [6.45, 7) is 0.482. The highest BCUT2D eigenvalue weighted by molar-refractivity contribution is 7.07. The maximum absolute atomic E-state index is 9.91. The third-order valence-electron chi connectivity index (χ3n) is 2.80. The maximum Gasteiger partial charge on any atom is 0.162 e. The summed E-state index contributed by atoms with van der Waals surface area (Å²) in [5, 5.41) is 16.0. The highest BCUT2D eigenvalue weighted by Gasteiger charge is 2.05. The van der Waals surface area contributed by atoms with Crippen LogP contribution in [0.5, 0.6) is 11.5 Å². The van der Waals surface area contributed by atoms with E-state index in [-0.39, 0.29) is 5.75 Å². The lowest BCUT2D eigenvalue weighted by Crippen LogP contribution is -1.93. The minimum Gasteiger partial charge on any atom is -0.504 e. The third-order valence-corrected chi connectivity index (χ3v) is 3.53. The Morgan fingerprint density at radius 1 is 1.06 bits per heavy atom. The summed E-state index contributed by atoms with van der Waals surface area (Å²) in [7, 11) is 0. The van der Waals surface area contributed by atoms with Gasteiger partial charge >= 0.3 is 0 Å². The monoisotopic (exact) mass is 256 g/mol. The normalized spacial score (nSPS) is 10.7. The van der Waals surface area contributed by atoms with E-state index >= 15 is 0 Å². The molecule has 0 amide bonds. The second kappa shape index (κ2) is 4.70. The van der Waals surface area contributed by atoms with Crippen LogP contribution < -0.4 is 4.74 Å². The Hall–Kier alpha value is -2.00. The van der Waals surface area contributed by atoms with Crippen LogP contribution in [0.15, 0.2) is 53.2 Å². The lowest BCUT2D eigenvalue weighted by Gasteiger charge is -2.08. The molecule has 3 heteroatoms. The van der Waals surface area contributed by atoms with Crippen LogP contribution in [0.1, 0.15) is 5.56 Å². The summed E-state index contributed by atoms with van der Waals surface area (Å²) in [4.78, 5) is 0. The maximum atomic E-state index is 9.91. The Bertz CT molecular complexity index is 659. The summed E-state index contributed by atoms with van der Waals surface area (Å²) >= 11 is 1.64. The van der Waals surface area contributed by atoms with Crippen LogP contribution in [0.3, 0.4) is 0 Å².